The second-order valence-electron chi connectivity index (χ2n) is 6.77. The van der Waals surface area contributed by atoms with E-state index < -0.39 is 21.9 Å². The molecule has 1 aromatic rings. The molecule has 10 heteroatoms. The van der Waals surface area contributed by atoms with Crippen LogP contribution in [0.4, 0.5) is 0 Å². The Kier molecular flexibility index (Phi) is 12.0. The van der Waals surface area contributed by atoms with Crippen LogP contribution in [0, 0.1) is 0 Å². The van der Waals surface area contributed by atoms with Crippen LogP contribution in [-0.4, -0.2) is 26.9 Å². The molecule has 1 aromatic carbocycles. The van der Waals surface area contributed by atoms with Crippen molar-refractivity contribution in [1.82, 2.24) is 4.72 Å². The van der Waals surface area contributed by atoms with Gasteiger partial charge in [0.2, 0.25) is 0 Å². The van der Waals surface area contributed by atoms with E-state index >= 15 is 0 Å². The third-order valence-corrected chi connectivity index (χ3v) is 8.32. The van der Waals surface area contributed by atoms with E-state index in [1.165, 1.54) is 63.5 Å². The van der Waals surface area contributed by atoms with Crippen LogP contribution in [0.1, 0.15) is 68.1 Å². The third kappa shape index (κ3) is 10.5. The maximum atomic E-state index is 11.1. The number of hydrogen-bond donors (Lipinski definition) is 2. The molecule has 1 aliphatic rings. The van der Waals surface area contributed by atoms with Crippen molar-refractivity contribution in [2.24, 2.45) is 5.73 Å². The zero-order chi connectivity index (χ0) is 21.0. The van der Waals surface area contributed by atoms with Gasteiger partial charge >= 0.3 is 6.00 Å². The summed E-state index contributed by atoms with van der Waals surface area (Å²) < 4.78 is 24.2. The lowest BCUT2D eigenvalue weighted by Gasteiger charge is -2.06. The first-order valence-electron chi connectivity index (χ1n) is 9.60. The first kappa shape index (κ1) is 25.7. The number of amides is 1. The number of sulfonamides is 1. The Bertz CT molecular complexity index is 712. The summed E-state index contributed by atoms with van der Waals surface area (Å²) in [6.45, 7) is 0.834. The Morgan fingerprint density at radius 2 is 1.36 bits per heavy atom. The van der Waals surface area contributed by atoms with Crippen LogP contribution in [-0.2, 0) is 10.0 Å². The molecule has 0 unspecified atom stereocenters. The molecule has 5 nitrogen and oxygen atoms in total. The average molecular weight is 488 g/mol. The molecule has 0 fully saturated rings. The molecular weight excluding hydrogens is 459 g/mol. The quantitative estimate of drug-likeness (QED) is 0.254. The fraction of sp³-hybridized carbons (Fsp3) is 0.611. The van der Waals surface area contributed by atoms with Crippen LogP contribution in [0.3, 0.4) is 0 Å². The van der Waals surface area contributed by atoms with Crippen LogP contribution >= 0.6 is 33.2 Å². The topological polar surface area (TPSA) is 89.3 Å². The summed E-state index contributed by atoms with van der Waals surface area (Å²) in [7, 11) is -3.55. The highest BCUT2D eigenvalue weighted by Crippen LogP contribution is 2.27. The van der Waals surface area contributed by atoms with Crippen molar-refractivity contribution < 1.29 is 13.2 Å². The summed E-state index contributed by atoms with van der Waals surface area (Å²) in [4.78, 5) is 11.1. The van der Waals surface area contributed by atoms with Gasteiger partial charge in [-0.2, -0.15) is 0 Å². The normalized spacial score (nSPS) is 14.8. The summed E-state index contributed by atoms with van der Waals surface area (Å²) in [6.07, 6.45) is 11.4. The predicted molar refractivity (Wildman–Crippen MR) is 120 cm³/mol. The van der Waals surface area contributed by atoms with E-state index in [-0.39, 0.29) is 10.5 Å². The van der Waals surface area contributed by atoms with Gasteiger partial charge in [-0.3, -0.25) is 4.79 Å². The molecule has 160 valence electrons. The van der Waals surface area contributed by atoms with E-state index in [0.717, 1.165) is 19.0 Å². The fourth-order valence-electron chi connectivity index (χ4n) is 2.83. The Labute approximate surface area is 183 Å². The van der Waals surface area contributed by atoms with Crippen LogP contribution < -0.4 is 10.5 Å². The van der Waals surface area contributed by atoms with E-state index in [9.17, 15) is 13.2 Å². The highest BCUT2D eigenvalue weighted by atomic mass is 35.8. The number of hydrogen-bond acceptors (Lipinski definition) is 4. The van der Waals surface area contributed by atoms with Gasteiger partial charge in [0.05, 0.1) is 5.56 Å². The van der Waals surface area contributed by atoms with Crippen molar-refractivity contribution in [3.05, 3.63) is 29.8 Å². The standard InChI is InChI=1S/C11H24Cl3NSi.C7H5NO3S/c12-16(13,14)11-9-7-5-3-1-2-4-6-8-10-15;9-7-5-3-1-2-4-6(5)12(10,11)8-7/h1-11,15H2;1-4H,(H,8,9). The monoisotopic (exact) mass is 486 g/mol. The van der Waals surface area contributed by atoms with E-state index in [2.05, 4.69) is 0 Å². The van der Waals surface area contributed by atoms with Crippen molar-refractivity contribution in [3.63, 3.8) is 0 Å². The Hall–Kier alpha value is -0.313. The van der Waals surface area contributed by atoms with Gasteiger partial charge in [0.1, 0.15) is 4.90 Å². The minimum atomic E-state index is -3.55. The lowest BCUT2D eigenvalue weighted by Crippen LogP contribution is -2.20. The number of benzene rings is 1. The molecule has 0 radical (unpaired) electrons. The highest BCUT2D eigenvalue weighted by Gasteiger charge is 2.31. The van der Waals surface area contributed by atoms with E-state index in [0.29, 0.717) is 0 Å². The second-order valence-corrected chi connectivity index (χ2v) is 17.7. The zero-order valence-electron chi connectivity index (χ0n) is 15.9. The lowest BCUT2D eigenvalue weighted by molar-refractivity contribution is 0.0985. The van der Waals surface area contributed by atoms with Gasteiger partial charge in [0.15, 0.2) is 0 Å². The number of fused-ring (bicyclic) bond motifs is 1. The first-order chi connectivity index (χ1) is 13.2. The maximum Gasteiger partial charge on any atom is 0.341 e. The number of nitrogens with one attached hydrogen (secondary N) is 1. The van der Waals surface area contributed by atoms with Crippen molar-refractivity contribution in [2.75, 3.05) is 6.54 Å². The number of unbranched alkanes of at least 4 members (excludes halogenated alkanes) is 8. The molecule has 0 saturated carbocycles. The summed E-state index contributed by atoms with van der Waals surface area (Å²) >= 11 is 17.4. The van der Waals surface area contributed by atoms with Gasteiger partial charge in [0.25, 0.3) is 15.9 Å². The third-order valence-electron chi connectivity index (χ3n) is 4.31. The van der Waals surface area contributed by atoms with E-state index in [1.54, 1.807) is 12.1 Å². The summed E-state index contributed by atoms with van der Waals surface area (Å²) in [5, 5.41) is 0. The zero-order valence-corrected chi connectivity index (χ0v) is 20.0. The lowest BCUT2D eigenvalue weighted by atomic mass is 10.1. The van der Waals surface area contributed by atoms with Crippen LogP contribution in [0.5, 0.6) is 0 Å². The number of carbonyl (C=O) groups excluding carboxylic acids is 1. The molecule has 2 rings (SSSR count). The molecule has 3 N–H and O–H groups in total. The van der Waals surface area contributed by atoms with Gasteiger partial charge in [0, 0.05) is 0 Å². The van der Waals surface area contributed by atoms with E-state index in [4.69, 9.17) is 39.0 Å². The van der Waals surface area contributed by atoms with Crippen molar-refractivity contribution in [2.45, 2.75) is 68.7 Å². The molecule has 0 saturated heterocycles. The predicted octanol–water partition coefficient (Wildman–Crippen LogP) is 5.23. The SMILES string of the molecule is NCCCCCCCCCCC[Si](Cl)(Cl)Cl.O=C1NS(=O)(=O)c2ccccc21. The molecule has 0 aromatic heterocycles. The van der Waals surface area contributed by atoms with Gasteiger partial charge < -0.3 is 5.73 Å². The second kappa shape index (κ2) is 13.1. The average Bonchev–Trinajstić information content (AvgIpc) is 2.86. The molecule has 0 spiro atoms. The van der Waals surface area contributed by atoms with Crippen LogP contribution in [0.15, 0.2) is 29.2 Å². The minimum absolute atomic E-state index is 0.0648. The Morgan fingerprint density at radius 1 is 0.857 bits per heavy atom. The van der Waals surface area contributed by atoms with Gasteiger partial charge in [-0.1, -0.05) is 63.5 Å². The maximum absolute atomic E-state index is 11.1. The van der Waals surface area contributed by atoms with Crippen molar-refractivity contribution >= 4 is 55.2 Å². The first-order valence-corrected chi connectivity index (χ1v) is 16.3. The van der Waals surface area contributed by atoms with Gasteiger partial charge in [-0.25, -0.2) is 13.1 Å². The molecule has 1 heterocycles. The number of rotatable bonds is 11. The summed E-state index contributed by atoms with van der Waals surface area (Å²) in [5.41, 5.74) is 5.65. The molecule has 0 atom stereocenters. The minimum Gasteiger partial charge on any atom is -0.330 e. The van der Waals surface area contributed by atoms with Crippen LogP contribution in [0.25, 0.3) is 0 Å². The van der Waals surface area contributed by atoms with E-state index in [1.807, 2.05) is 4.72 Å². The molecule has 0 aliphatic carbocycles. The summed E-state index contributed by atoms with van der Waals surface area (Å²) in [5.74, 6) is -0.550. The number of carbonyl (C=O) groups is 1. The number of halogens is 3. The van der Waals surface area contributed by atoms with Crippen molar-refractivity contribution in [3.8, 4) is 0 Å². The smallest absolute Gasteiger partial charge is 0.330 e. The largest absolute Gasteiger partial charge is 0.341 e. The molecular formula is C18H29Cl3N2O3SSi. The Balaban J connectivity index is 0.000000289. The summed E-state index contributed by atoms with van der Waals surface area (Å²) in [6, 6.07) is 4.56. The molecule has 0 bridgehead atoms. The number of nitrogens with two attached hydrogens (primary N) is 1. The van der Waals surface area contributed by atoms with Gasteiger partial charge in [-0.05, 0) is 31.1 Å². The van der Waals surface area contributed by atoms with Gasteiger partial charge in [-0.15, -0.1) is 33.2 Å². The Morgan fingerprint density at radius 3 is 1.86 bits per heavy atom. The molecule has 28 heavy (non-hydrogen) atoms. The van der Waals surface area contributed by atoms with Crippen molar-refractivity contribution in [1.29, 1.82) is 0 Å². The molecule has 1 aliphatic heterocycles. The fourth-order valence-corrected chi connectivity index (χ4v) is 5.85. The molecule has 1 amide bonds. The highest BCUT2D eigenvalue weighted by molar-refractivity contribution is 7.90. The van der Waals surface area contributed by atoms with Crippen LogP contribution in [0.2, 0.25) is 6.04 Å².